The van der Waals surface area contributed by atoms with Crippen molar-refractivity contribution in [1.29, 1.82) is 0 Å². The largest absolute Gasteiger partial charge is 0.321 e. The van der Waals surface area contributed by atoms with Gasteiger partial charge in [0.05, 0.1) is 5.69 Å². The molecule has 2 aromatic rings. The molecular weight excluding hydrogens is 345 g/mol. The van der Waals surface area contributed by atoms with Gasteiger partial charge in [-0.2, -0.15) is 0 Å². The normalized spacial score (nSPS) is 10.8. The van der Waals surface area contributed by atoms with Crippen LogP contribution in [0.4, 0.5) is 10.1 Å². The highest BCUT2D eigenvalue weighted by Crippen LogP contribution is 2.23. The molecule has 0 fully saturated rings. The van der Waals surface area contributed by atoms with Gasteiger partial charge in [-0.25, -0.2) is 4.39 Å². The minimum Gasteiger partial charge on any atom is -0.321 e. The van der Waals surface area contributed by atoms with Crippen LogP contribution in [-0.2, 0) is 4.79 Å². The lowest BCUT2D eigenvalue weighted by Gasteiger charge is -2.04. The first-order valence-corrected chi connectivity index (χ1v) is 6.91. The maximum Gasteiger partial charge on any atom is 0.248 e. The maximum absolute atomic E-state index is 12.9. The topological polar surface area (TPSA) is 29.1 Å². The van der Waals surface area contributed by atoms with E-state index in [0.717, 1.165) is 5.56 Å². The highest BCUT2D eigenvalue weighted by Gasteiger charge is 2.03. The number of carbonyl (C=O) groups excluding carboxylic acids is 1. The summed E-state index contributed by atoms with van der Waals surface area (Å²) in [5.74, 6) is -0.668. The third-order valence-corrected chi connectivity index (χ3v) is 3.39. The van der Waals surface area contributed by atoms with Crippen molar-refractivity contribution < 1.29 is 9.18 Å². The summed E-state index contributed by atoms with van der Waals surface area (Å²) in [5.41, 5.74) is 1.37. The van der Waals surface area contributed by atoms with Crippen LogP contribution in [0.2, 0.25) is 5.02 Å². The summed E-state index contributed by atoms with van der Waals surface area (Å²) in [6.07, 6.45) is 3.07. The fourth-order valence-corrected chi connectivity index (χ4v) is 2.09. The summed E-state index contributed by atoms with van der Waals surface area (Å²) in [5, 5.41) is 3.29. The molecule has 0 heterocycles. The Morgan fingerprint density at radius 2 is 1.90 bits per heavy atom. The second-order valence-electron chi connectivity index (χ2n) is 4.00. The van der Waals surface area contributed by atoms with E-state index in [1.165, 1.54) is 24.3 Å². The van der Waals surface area contributed by atoms with Gasteiger partial charge in [0.15, 0.2) is 0 Å². The Hall–Kier alpha value is -1.65. The van der Waals surface area contributed by atoms with E-state index in [0.29, 0.717) is 15.2 Å². The van der Waals surface area contributed by atoms with E-state index in [1.54, 1.807) is 30.3 Å². The molecule has 0 unspecified atom stereocenters. The molecule has 0 saturated carbocycles. The van der Waals surface area contributed by atoms with Crippen molar-refractivity contribution in [3.05, 3.63) is 69.4 Å². The Morgan fingerprint density at radius 3 is 2.55 bits per heavy atom. The van der Waals surface area contributed by atoms with Crippen LogP contribution in [0, 0.1) is 5.82 Å². The lowest BCUT2D eigenvalue weighted by atomic mass is 10.2. The molecule has 1 amide bonds. The molecular formula is C15H10BrClFNO. The highest BCUT2D eigenvalue weighted by molar-refractivity contribution is 9.10. The zero-order chi connectivity index (χ0) is 14.5. The Balaban J connectivity index is 2.03. The van der Waals surface area contributed by atoms with Crippen LogP contribution < -0.4 is 5.32 Å². The molecule has 2 aromatic carbocycles. The Kier molecular flexibility index (Phi) is 4.93. The quantitative estimate of drug-likeness (QED) is 0.781. The van der Waals surface area contributed by atoms with Crippen molar-refractivity contribution >= 4 is 45.2 Å². The monoisotopic (exact) mass is 353 g/mol. The van der Waals surface area contributed by atoms with Gasteiger partial charge in [0, 0.05) is 15.6 Å². The molecule has 0 aromatic heterocycles. The summed E-state index contributed by atoms with van der Waals surface area (Å²) < 4.78 is 13.4. The van der Waals surface area contributed by atoms with Gasteiger partial charge in [-0.05, 0) is 57.9 Å². The van der Waals surface area contributed by atoms with Crippen LogP contribution in [0.25, 0.3) is 6.08 Å². The van der Waals surface area contributed by atoms with Gasteiger partial charge in [0.25, 0.3) is 0 Å². The van der Waals surface area contributed by atoms with E-state index in [9.17, 15) is 9.18 Å². The second kappa shape index (κ2) is 6.68. The zero-order valence-corrected chi connectivity index (χ0v) is 12.6. The minimum absolute atomic E-state index is 0.299. The number of nitrogens with one attached hydrogen (secondary N) is 1. The molecule has 0 saturated heterocycles. The average Bonchev–Trinajstić information content (AvgIpc) is 2.41. The van der Waals surface area contributed by atoms with Crippen LogP contribution in [0.3, 0.4) is 0 Å². The molecule has 0 aliphatic heterocycles. The van der Waals surface area contributed by atoms with E-state index >= 15 is 0 Å². The third-order valence-electron chi connectivity index (χ3n) is 2.49. The molecule has 0 radical (unpaired) electrons. The first-order chi connectivity index (χ1) is 9.54. The molecule has 0 aliphatic rings. The van der Waals surface area contributed by atoms with Gasteiger partial charge >= 0.3 is 0 Å². The summed E-state index contributed by atoms with van der Waals surface area (Å²) >= 11 is 8.96. The van der Waals surface area contributed by atoms with Crippen LogP contribution in [0.1, 0.15) is 5.56 Å². The van der Waals surface area contributed by atoms with Crippen molar-refractivity contribution in [1.82, 2.24) is 0 Å². The summed E-state index contributed by atoms with van der Waals surface area (Å²) in [7, 11) is 0. The Morgan fingerprint density at radius 1 is 1.20 bits per heavy atom. The number of hydrogen-bond donors (Lipinski definition) is 1. The van der Waals surface area contributed by atoms with E-state index in [1.807, 2.05) is 0 Å². The molecule has 20 heavy (non-hydrogen) atoms. The number of halogens is 3. The minimum atomic E-state index is -0.369. The van der Waals surface area contributed by atoms with E-state index in [-0.39, 0.29) is 11.7 Å². The second-order valence-corrected chi connectivity index (χ2v) is 5.29. The third kappa shape index (κ3) is 4.18. The van der Waals surface area contributed by atoms with E-state index < -0.39 is 0 Å². The molecule has 0 atom stereocenters. The van der Waals surface area contributed by atoms with Crippen LogP contribution >= 0.6 is 27.5 Å². The van der Waals surface area contributed by atoms with Crippen molar-refractivity contribution in [2.75, 3.05) is 5.32 Å². The van der Waals surface area contributed by atoms with Gasteiger partial charge in [0.1, 0.15) is 5.82 Å². The number of amides is 1. The van der Waals surface area contributed by atoms with Crippen molar-refractivity contribution in [2.24, 2.45) is 0 Å². The SMILES string of the molecule is O=C(/C=C/c1ccc(Cl)cc1)Nc1ccc(F)cc1Br. The first kappa shape index (κ1) is 14.8. The van der Waals surface area contributed by atoms with Gasteiger partial charge in [0.2, 0.25) is 5.91 Å². The number of benzene rings is 2. The standard InChI is InChI=1S/C15H10BrClFNO/c16-13-9-12(18)6-7-14(13)19-15(20)8-3-10-1-4-11(17)5-2-10/h1-9H,(H,19,20)/b8-3+. The molecule has 2 rings (SSSR count). The van der Waals surface area contributed by atoms with Crippen molar-refractivity contribution in [3.8, 4) is 0 Å². The Labute approximate surface area is 129 Å². The van der Waals surface area contributed by atoms with E-state index in [2.05, 4.69) is 21.2 Å². The van der Waals surface area contributed by atoms with Crippen LogP contribution in [0.15, 0.2) is 53.0 Å². The van der Waals surface area contributed by atoms with Gasteiger partial charge < -0.3 is 5.32 Å². The fraction of sp³-hybridized carbons (Fsp3) is 0. The van der Waals surface area contributed by atoms with Gasteiger partial charge in [-0.3, -0.25) is 4.79 Å². The number of hydrogen-bond acceptors (Lipinski definition) is 1. The number of carbonyl (C=O) groups is 1. The predicted molar refractivity (Wildman–Crippen MR) is 83.2 cm³/mol. The van der Waals surface area contributed by atoms with Crippen LogP contribution in [-0.4, -0.2) is 5.91 Å². The van der Waals surface area contributed by atoms with Crippen molar-refractivity contribution in [3.63, 3.8) is 0 Å². The lowest BCUT2D eigenvalue weighted by Crippen LogP contribution is -2.08. The molecule has 102 valence electrons. The molecule has 5 heteroatoms. The lowest BCUT2D eigenvalue weighted by molar-refractivity contribution is -0.111. The fourth-order valence-electron chi connectivity index (χ4n) is 1.51. The molecule has 2 nitrogen and oxygen atoms in total. The Bertz CT molecular complexity index is 655. The highest BCUT2D eigenvalue weighted by atomic mass is 79.9. The molecule has 0 spiro atoms. The van der Waals surface area contributed by atoms with Gasteiger partial charge in [-0.1, -0.05) is 23.7 Å². The predicted octanol–water partition coefficient (Wildman–Crippen LogP) is 4.89. The molecule has 0 aliphatic carbocycles. The van der Waals surface area contributed by atoms with Crippen LogP contribution in [0.5, 0.6) is 0 Å². The molecule has 1 N–H and O–H groups in total. The zero-order valence-electron chi connectivity index (χ0n) is 10.2. The average molecular weight is 355 g/mol. The summed E-state index contributed by atoms with van der Waals surface area (Å²) in [6.45, 7) is 0. The number of rotatable bonds is 3. The van der Waals surface area contributed by atoms with Crippen molar-refractivity contribution in [2.45, 2.75) is 0 Å². The molecule has 0 bridgehead atoms. The van der Waals surface area contributed by atoms with Gasteiger partial charge in [-0.15, -0.1) is 0 Å². The first-order valence-electron chi connectivity index (χ1n) is 5.74. The van der Waals surface area contributed by atoms with E-state index in [4.69, 9.17) is 11.6 Å². The summed E-state index contributed by atoms with van der Waals surface area (Å²) in [4.78, 5) is 11.8. The smallest absolute Gasteiger partial charge is 0.248 e. The summed E-state index contributed by atoms with van der Waals surface area (Å²) in [6, 6.07) is 11.2. The maximum atomic E-state index is 12.9. The number of anilines is 1.